The predicted molar refractivity (Wildman–Crippen MR) is 70.8 cm³/mol. The molecule has 0 fully saturated rings. The molecule has 0 radical (unpaired) electrons. The van der Waals surface area contributed by atoms with Crippen molar-refractivity contribution in [3.63, 3.8) is 0 Å². The van der Waals surface area contributed by atoms with Crippen molar-refractivity contribution in [3.8, 4) is 0 Å². The number of carbonyl (C=O) groups excluding carboxylic acids is 1. The number of fused-ring (bicyclic) bond motifs is 1. The summed E-state index contributed by atoms with van der Waals surface area (Å²) in [6.45, 7) is 3.26. The highest BCUT2D eigenvalue weighted by atomic mass is 16.5. The molecule has 0 bridgehead atoms. The van der Waals surface area contributed by atoms with E-state index in [2.05, 4.69) is 15.8 Å². The fourth-order valence-corrected chi connectivity index (χ4v) is 2.36. The molecule has 3 rings (SSSR count). The largest absolute Gasteiger partial charge is 0.338 e. The van der Waals surface area contributed by atoms with Crippen LogP contribution in [0.5, 0.6) is 0 Å². The Morgan fingerprint density at radius 2 is 2.32 bits per heavy atom. The van der Waals surface area contributed by atoms with Crippen LogP contribution in [0.25, 0.3) is 0 Å². The number of amides is 1. The van der Waals surface area contributed by atoms with Crippen LogP contribution in [0.2, 0.25) is 0 Å². The van der Waals surface area contributed by atoms with E-state index in [1.807, 2.05) is 31.2 Å². The maximum atomic E-state index is 12.3. The van der Waals surface area contributed by atoms with Crippen LogP contribution in [0.15, 0.2) is 34.9 Å². The van der Waals surface area contributed by atoms with Crippen molar-refractivity contribution in [1.29, 1.82) is 0 Å². The number of rotatable bonds is 2. The number of nitrogens with one attached hydrogen (secondary N) is 2. The third-order valence-electron chi connectivity index (χ3n) is 3.29. The number of hydrogen-bond acceptors (Lipinski definition) is 4. The Bertz CT molecular complexity index is 606. The SMILES string of the molecule is Cc1cc(NC(=O)C2CNCc3ccccc32)on1. The molecule has 1 unspecified atom stereocenters. The van der Waals surface area contributed by atoms with Gasteiger partial charge in [0.25, 0.3) is 0 Å². The van der Waals surface area contributed by atoms with Crippen molar-refractivity contribution in [1.82, 2.24) is 10.5 Å². The van der Waals surface area contributed by atoms with E-state index in [-0.39, 0.29) is 11.8 Å². The Kier molecular flexibility index (Phi) is 3.05. The van der Waals surface area contributed by atoms with Crippen molar-refractivity contribution in [2.75, 3.05) is 11.9 Å². The van der Waals surface area contributed by atoms with Crippen molar-refractivity contribution in [2.45, 2.75) is 19.4 Å². The molecule has 1 amide bonds. The Labute approximate surface area is 111 Å². The maximum Gasteiger partial charge on any atom is 0.235 e. The van der Waals surface area contributed by atoms with E-state index in [0.29, 0.717) is 12.4 Å². The standard InChI is InChI=1S/C14H15N3O2/c1-9-6-13(19-17-9)16-14(18)12-8-15-7-10-4-2-3-5-11(10)12/h2-6,12,15H,7-8H2,1H3,(H,16,18). The average Bonchev–Trinajstić information content (AvgIpc) is 2.83. The van der Waals surface area contributed by atoms with Crippen LogP contribution in [-0.2, 0) is 11.3 Å². The van der Waals surface area contributed by atoms with Crippen molar-refractivity contribution in [2.24, 2.45) is 0 Å². The molecule has 5 heteroatoms. The number of aromatic nitrogens is 1. The Hall–Kier alpha value is -2.14. The summed E-state index contributed by atoms with van der Waals surface area (Å²) in [5, 5.41) is 9.77. The van der Waals surface area contributed by atoms with E-state index in [1.165, 1.54) is 5.56 Å². The fourth-order valence-electron chi connectivity index (χ4n) is 2.36. The van der Waals surface area contributed by atoms with Crippen LogP contribution >= 0.6 is 0 Å². The number of aryl methyl sites for hydroxylation is 1. The van der Waals surface area contributed by atoms with Gasteiger partial charge in [0.05, 0.1) is 11.6 Å². The molecular formula is C14H15N3O2. The van der Waals surface area contributed by atoms with E-state index in [1.54, 1.807) is 6.07 Å². The highest BCUT2D eigenvalue weighted by Gasteiger charge is 2.26. The number of nitrogens with zero attached hydrogens (tertiary/aromatic N) is 1. The van der Waals surface area contributed by atoms with Gasteiger partial charge in [-0.25, -0.2) is 0 Å². The second-order valence-electron chi connectivity index (χ2n) is 4.70. The van der Waals surface area contributed by atoms with Gasteiger partial charge in [-0.1, -0.05) is 29.4 Å². The van der Waals surface area contributed by atoms with E-state index < -0.39 is 0 Å². The van der Waals surface area contributed by atoms with Crippen LogP contribution in [0.4, 0.5) is 5.88 Å². The molecule has 0 saturated carbocycles. The van der Waals surface area contributed by atoms with Gasteiger partial charge in [0.1, 0.15) is 0 Å². The molecule has 0 spiro atoms. The van der Waals surface area contributed by atoms with Crippen LogP contribution in [-0.4, -0.2) is 17.6 Å². The molecule has 2 N–H and O–H groups in total. The number of benzene rings is 1. The first kappa shape index (κ1) is 11.9. The molecule has 0 aliphatic carbocycles. The van der Waals surface area contributed by atoms with Crippen molar-refractivity contribution in [3.05, 3.63) is 47.2 Å². The van der Waals surface area contributed by atoms with Gasteiger partial charge in [-0.3, -0.25) is 10.1 Å². The second kappa shape index (κ2) is 4.85. The van der Waals surface area contributed by atoms with Crippen LogP contribution in [0.1, 0.15) is 22.7 Å². The van der Waals surface area contributed by atoms with Gasteiger partial charge in [0.2, 0.25) is 11.8 Å². The maximum absolute atomic E-state index is 12.3. The van der Waals surface area contributed by atoms with Gasteiger partial charge >= 0.3 is 0 Å². The molecule has 1 aliphatic rings. The predicted octanol–water partition coefficient (Wildman–Crippen LogP) is 1.81. The third kappa shape index (κ3) is 2.37. The lowest BCUT2D eigenvalue weighted by Gasteiger charge is -2.25. The van der Waals surface area contributed by atoms with Gasteiger partial charge in [-0.05, 0) is 18.1 Å². The minimum absolute atomic E-state index is 0.0733. The van der Waals surface area contributed by atoms with E-state index in [9.17, 15) is 4.79 Å². The average molecular weight is 257 g/mol. The lowest BCUT2D eigenvalue weighted by atomic mass is 9.90. The van der Waals surface area contributed by atoms with Crippen LogP contribution < -0.4 is 10.6 Å². The first-order valence-electron chi connectivity index (χ1n) is 6.27. The zero-order valence-corrected chi connectivity index (χ0v) is 10.6. The number of carbonyl (C=O) groups is 1. The normalized spacial score (nSPS) is 17.8. The summed E-state index contributed by atoms with van der Waals surface area (Å²) in [7, 11) is 0. The fraction of sp³-hybridized carbons (Fsp3) is 0.286. The summed E-state index contributed by atoms with van der Waals surface area (Å²) in [4.78, 5) is 12.3. The monoisotopic (exact) mass is 257 g/mol. The molecule has 1 aliphatic heterocycles. The zero-order valence-electron chi connectivity index (χ0n) is 10.6. The molecule has 1 aromatic heterocycles. The molecular weight excluding hydrogens is 242 g/mol. The topological polar surface area (TPSA) is 67.2 Å². The Balaban J connectivity index is 1.81. The van der Waals surface area contributed by atoms with Crippen LogP contribution in [0.3, 0.4) is 0 Å². The van der Waals surface area contributed by atoms with E-state index in [0.717, 1.165) is 17.8 Å². The summed E-state index contributed by atoms with van der Waals surface area (Å²) >= 11 is 0. The molecule has 1 aromatic carbocycles. The van der Waals surface area contributed by atoms with E-state index in [4.69, 9.17) is 4.52 Å². The molecule has 1 atom stereocenters. The molecule has 2 aromatic rings. The Morgan fingerprint density at radius 3 is 3.11 bits per heavy atom. The minimum Gasteiger partial charge on any atom is -0.338 e. The first-order valence-corrected chi connectivity index (χ1v) is 6.27. The van der Waals surface area contributed by atoms with Gasteiger partial charge in [0, 0.05) is 19.2 Å². The first-order chi connectivity index (χ1) is 9.24. The van der Waals surface area contributed by atoms with Crippen molar-refractivity contribution < 1.29 is 9.32 Å². The van der Waals surface area contributed by atoms with Crippen LogP contribution in [0, 0.1) is 6.92 Å². The summed E-state index contributed by atoms with van der Waals surface area (Å²) in [5.41, 5.74) is 3.00. The third-order valence-corrected chi connectivity index (χ3v) is 3.29. The van der Waals surface area contributed by atoms with Gasteiger partial charge in [-0.15, -0.1) is 0 Å². The summed E-state index contributed by atoms with van der Waals surface area (Å²) in [5.74, 6) is 0.122. The highest BCUT2D eigenvalue weighted by molar-refractivity contribution is 5.95. The number of hydrogen-bond donors (Lipinski definition) is 2. The van der Waals surface area contributed by atoms with Gasteiger partial charge < -0.3 is 9.84 Å². The molecule has 5 nitrogen and oxygen atoms in total. The van der Waals surface area contributed by atoms with E-state index >= 15 is 0 Å². The lowest BCUT2D eigenvalue weighted by Crippen LogP contribution is -2.35. The molecule has 2 heterocycles. The minimum atomic E-state index is -0.199. The van der Waals surface area contributed by atoms with Gasteiger partial charge in [-0.2, -0.15) is 0 Å². The number of anilines is 1. The smallest absolute Gasteiger partial charge is 0.235 e. The zero-order chi connectivity index (χ0) is 13.2. The lowest BCUT2D eigenvalue weighted by molar-refractivity contribution is -0.117. The quantitative estimate of drug-likeness (QED) is 0.861. The molecule has 0 saturated heterocycles. The summed E-state index contributed by atoms with van der Waals surface area (Å²) < 4.78 is 5.01. The van der Waals surface area contributed by atoms with Crippen molar-refractivity contribution >= 4 is 11.8 Å². The molecule has 98 valence electrons. The van der Waals surface area contributed by atoms with Gasteiger partial charge in [0.15, 0.2) is 0 Å². The molecule has 19 heavy (non-hydrogen) atoms. The summed E-state index contributed by atoms with van der Waals surface area (Å²) in [6.07, 6.45) is 0. The highest BCUT2D eigenvalue weighted by Crippen LogP contribution is 2.25. The second-order valence-corrected chi connectivity index (χ2v) is 4.70. The summed E-state index contributed by atoms with van der Waals surface area (Å²) in [6, 6.07) is 9.70. The Morgan fingerprint density at radius 1 is 1.47 bits per heavy atom.